The lowest BCUT2D eigenvalue weighted by atomic mass is 10.2. The van der Waals surface area contributed by atoms with Crippen LogP contribution in [0, 0.1) is 0 Å². The molecule has 1 fully saturated rings. The van der Waals surface area contributed by atoms with E-state index in [2.05, 4.69) is 10.3 Å². The molecule has 0 spiro atoms. The summed E-state index contributed by atoms with van der Waals surface area (Å²) in [6.07, 6.45) is 1.82. The number of carbonyl (C=O) groups excluding carboxylic acids is 1. The van der Waals surface area contributed by atoms with Crippen molar-refractivity contribution in [3.05, 3.63) is 30.0 Å². The molecule has 1 aromatic carbocycles. The second-order valence-corrected chi connectivity index (χ2v) is 5.58. The maximum atomic E-state index is 12.2. The second-order valence-electron chi connectivity index (χ2n) is 5.58. The maximum Gasteiger partial charge on any atom is 0.318 e. The van der Waals surface area contributed by atoms with Crippen molar-refractivity contribution in [1.29, 1.82) is 0 Å². The fourth-order valence-electron chi connectivity index (χ4n) is 2.96. The summed E-state index contributed by atoms with van der Waals surface area (Å²) in [5.41, 5.74) is 1.95. The Labute approximate surface area is 129 Å². The third-order valence-electron chi connectivity index (χ3n) is 4.16. The van der Waals surface area contributed by atoms with Crippen LogP contribution in [0.25, 0.3) is 10.9 Å². The Morgan fingerprint density at radius 3 is 3.14 bits per heavy atom. The molecule has 22 heavy (non-hydrogen) atoms. The molecule has 1 aromatic heterocycles. The number of carbonyl (C=O) groups is 1. The summed E-state index contributed by atoms with van der Waals surface area (Å²) in [5.74, 6) is 0.810. The molecule has 1 aliphatic rings. The molecule has 2 heterocycles. The number of fused-ring (bicyclic) bond motifs is 1. The highest BCUT2D eigenvalue weighted by Gasteiger charge is 2.27. The molecule has 1 saturated heterocycles. The Kier molecular flexibility index (Phi) is 4.20. The standard InChI is InChI=1S/C16H21N3O3/c1-22-14-4-5-15-11(8-14)7-12(18-15)9-17-16(21)19-6-2-3-13(19)10-20/h4-5,7-8,13,18,20H,2-3,6,9-10H2,1H3,(H,17,21)/t13-/m0/s1. The average Bonchev–Trinajstić information content (AvgIpc) is 3.17. The van der Waals surface area contributed by atoms with Gasteiger partial charge in [-0.15, -0.1) is 0 Å². The Bertz CT molecular complexity index is 668. The van der Waals surface area contributed by atoms with Crippen molar-refractivity contribution in [2.45, 2.75) is 25.4 Å². The van der Waals surface area contributed by atoms with E-state index in [0.29, 0.717) is 13.1 Å². The zero-order valence-corrected chi connectivity index (χ0v) is 12.6. The van der Waals surface area contributed by atoms with E-state index in [9.17, 15) is 9.90 Å². The van der Waals surface area contributed by atoms with Crippen LogP contribution in [-0.4, -0.2) is 47.3 Å². The number of ether oxygens (including phenoxy) is 1. The van der Waals surface area contributed by atoms with Crippen LogP contribution in [0.1, 0.15) is 18.5 Å². The number of hydrogen-bond acceptors (Lipinski definition) is 3. The molecular weight excluding hydrogens is 282 g/mol. The Balaban J connectivity index is 1.65. The van der Waals surface area contributed by atoms with Gasteiger partial charge in [-0.2, -0.15) is 0 Å². The summed E-state index contributed by atoms with van der Waals surface area (Å²) in [6, 6.07) is 7.66. The van der Waals surface area contributed by atoms with E-state index in [-0.39, 0.29) is 18.7 Å². The molecule has 0 saturated carbocycles. The fourth-order valence-corrected chi connectivity index (χ4v) is 2.96. The van der Waals surface area contributed by atoms with Crippen LogP contribution in [0.2, 0.25) is 0 Å². The number of benzene rings is 1. The second kappa shape index (κ2) is 6.27. The molecule has 0 bridgehead atoms. The van der Waals surface area contributed by atoms with Gasteiger partial charge in [0.1, 0.15) is 5.75 Å². The zero-order valence-electron chi connectivity index (χ0n) is 12.6. The SMILES string of the molecule is COc1ccc2[nH]c(CNC(=O)N3CCC[C@H]3CO)cc2c1. The lowest BCUT2D eigenvalue weighted by molar-refractivity contribution is 0.157. The van der Waals surface area contributed by atoms with Crippen LogP contribution in [-0.2, 0) is 6.54 Å². The first-order valence-corrected chi connectivity index (χ1v) is 7.52. The molecule has 2 amide bonds. The molecule has 0 unspecified atom stereocenters. The third kappa shape index (κ3) is 2.87. The van der Waals surface area contributed by atoms with E-state index in [1.807, 2.05) is 24.3 Å². The van der Waals surface area contributed by atoms with Gasteiger partial charge in [0.2, 0.25) is 0 Å². The molecule has 1 atom stereocenters. The van der Waals surface area contributed by atoms with Gasteiger partial charge in [0.05, 0.1) is 26.3 Å². The summed E-state index contributed by atoms with van der Waals surface area (Å²) in [5, 5.41) is 13.2. The van der Waals surface area contributed by atoms with E-state index in [1.165, 1.54) is 0 Å². The zero-order chi connectivity index (χ0) is 15.5. The molecular formula is C16H21N3O3. The third-order valence-corrected chi connectivity index (χ3v) is 4.16. The van der Waals surface area contributed by atoms with Crippen LogP contribution >= 0.6 is 0 Å². The molecule has 118 valence electrons. The Morgan fingerprint density at radius 1 is 1.50 bits per heavy atom. The molecule has 3 rings (SSSR count). The topological polar surface area (TPSA) is 77.6 Å². The summed E-state index contributed by atoms with van der Waals surface area (Å²) in [4.78, 5) is 17.2. The monoisotopic (exact) mass is 303 g/mol. The number of nitrogens with zero attached hydrogens (tertiary/aromatic N) is 1. The van der Waals surface area contributed by atoms with Crippen molar-refractivity contribution in [2.75, 3.05) is 20.3 Å². The summed E-state index contributed by atoms with van der Waals surface area (Å²) in [7, 11) is 1.64. The molecule has 2 aromatic rings. The summed E-state index contributed by atoms with van der Waals surface area (Å²) < 4.78 is 5.21. The van der Waals surface area contributed by atoms with E-state index >= 15 is 0 Å². The first-order chi connectivity index (χ1) is 10.7. The number of aliphatic hydroxyl groups excluding tert-OH is 1. The number of hydrogen-bond donors (Lipinski definition) is 3. The van der Waals surface area contributed by atoms with E-state index in [0.717, 1.165) is 35.2 Å². The minimum Gasteiger partial charge on any atom is -0.497 e. The number of urea groups is 1. The van der Waals surface area contributed by atoms with Gasteiger partial charge in [0, 0.05) is 23.1 Å². The van der Waals surface area contributed by atoms with E-state index in [4.69, 9.17) is 4.74 Å². The lowest BCUT2D eigenvalue weighted by Crippen LogP contribution is -2.43. The van der Waals surface area contributed by atoms with Gasteiger partial charge in [-0.3, -0.25) is 0 Å². The highest BCUT2D eigenvalue weighted by atomic mass is 16.5. The van der Waals surface area contributed by atoms with E-state index in [1.54, 1.807) is 12.0 Å². The predicted octanol–water partition coefficient (Wildman–Crippen LogP) is 1.84. The number of aromatic nitrogens is 1. The lowest BCUT2D eigenvalue weighted by Gasteiger charge is -2.23. The number of likely N-dealkylation sites (tertiary alicyclic amines) is 1. The highest BCUT2D eigenvalue weighted by Crippen LogP contribution is 2.21. The number of aliphatic hydroxyl groups is 1. The Morgan fingerprint density at radius 2 is 2.36 bits per heavy atom. The van der Waals surface area contributed by atoms with Crippen molar-refractivity contribution < 1.29 is 14.6 Å². The van der Waals surface area contributed by atoms with Crippen molar-refractivity contribution >= 4 is 16.9 Å². The van der Waals surface area contributed by atoms with Gasteiger partial charge < -0.3 is 25.0 Å². The van der Waals surface area contributed by atoms with Crippen molar-refractivity contribution in [1.82, 2.24) is 15.2 Å². The largest absolute Gasteiger partial charge is 0.497 e. The number of rotatable bonds is 4. The fraction of sp³-hybridized carbons (Fsp3) is 0.438. The number of amides is 2. The normalized spacial score (nSPS) is 17.9. The van der Waals surface area contributed by atoms with Crippen molar-refractivity contribution in [3.63, 3.8) is 0 Å². The van der Waals surface area contributed by atoms with Crippen LogP contribution in [0.15, 0.2) is 24.3 Å². The quantitative estimate of drug-likeness (QED) is 0.806. The minimum absolute atomic E-state index is 0.0274. The first kappa shape index (κ1) is 14.7. The van der Waals surface area contributed by atoms with Crippen molar-refractivity contribution in [2.24, 2.45) is 0 Å². The van der Waals surface area contributed by atoms with Crippen LogP contribution in [0.3, 0.4) is 0 Å². The Hall–Kier alpha value is -2.21. The van der Waals surface area contributed by atoms with Gasteiger partial charge >= 0.3 is 6.03 Å². The number of H-pyrrole nitrogens is 1. The molecule has 0 radical (unpaired) electrons. The average molecular weight is 303 g/mol. The molecule has 6 nitrogen and oxygen atoms in total. The number of aromatic amines is 1. The maximum absolute atomic E-state index is 12.2. The molecule has 1 aliphatic heterocycles. The molecule has 3 N–H and O–H groups in total. The van der Waals surface area contributed by atoms with Gasteiger partial charge in [0.15, 0.2) is 0 Å². The minimum atomic E-state index is -0.118. The van der Waals surface area contributed by atoms with Crippen molar-refractivity contribution in [3.8, 4) is 5.75 Å². The number of methoxy groups -OCH3 is 1. The van der Waals surface area contributed by atoms with Crippen LogP contribution in [0.5, 0.6) is 5.75 Å². The predicted molar refractivity (Wildman–Crippen MR) is 83.9 cm³/mol. The van der Waals surface area contributed by atoms with Gasteiger partial charge in [-0.05, 0) is 37.1 Å². The van der Waals surface area contributed by atoms with E-state index < -0.39 is 0 Å². The highest BCUT2D eigenvalue weighted by molar-refractivity contribution is 5.82. The van der Waals surface area contributed by atoms with Crippen LogP contribution in [0.4, 0.5) is 4.79 Å². The van der Waals surface area contributed by atoms with Gasteiger partial charge in [-0.1, -0.05) is 0 Å². The van der Waals surface area contributed by atoms with Gasteiger partial charge in [-0.25, -0.2) is 4.79 Å². The summed E-state index contributed by atoms with van der Waals surface area (Å²) >= 11 is 0. The first-order valence-electron chi connectivity index (χ1n) is 7.52. The molecule has 6 heteroatoms. The summed E-state index contributed by atoms with van der Waals surface area (Å²) in [6.45, 7) is 1.17. The smallest absolute Gasteiger partial charge is 0.318 e. The van der Waals surface area contributed by atoms with Crippen LogP contribution < -0.4 is 10.1 Å². The number of nitrogens with one attached hydrogen (secondary N) is 2. The van der Waals surface area contributed by atoms with Gasteiger partial charge in [0.25, 0.3) is 0 Å². The molecule has 0 aliphatic carbocycles.